The van der Waals surface area contributed by atoms with Crippen LogP contribution in [0, 0.1) is 5.92 Å². The van der Waals surface area contributed by atoms with Gasteiger partial charge < -0.3 is 5.11 Å². The van der Waals surface area contributed by atoms with Crippen LogP contribution in [-0.4, -0.2) is 22.6 Å². The number of phenolic OH excluding ortho intramolecular Hbond substituents is 1. The van der Waals surface area contributed by atoms with Crippen molar-refractivity contribution >= 4 is 0 Å². The minimum Gasteiger partial charge on any atom is -0.508 e. The summed E-state index contributed by atoms with van der Waals surface area (Å²) >= 11 is 0. The van der Waals surface area contributed by atoms with Gasteiger partial charge in [-0.25, -0.2) is 0 Å². The van der Waals surface area contributed by atoms with Gasteiger partial charge in [-0.2, -0.15) is 0 Å². The third kappa shape index (κ3) is 3.54. The van der Waals surface area contributed by atoms with Gasteiger partial charge in [-0.15, -0.1) is 0 Å². The summed E-state index contributed by atoms with van der Waals surface area (Å²) in [4.78, 5) is 2.66. The molecule has 0 heterocycles. The third-order valence-corrected chi connectivity index (χ3v) is 4.45. The molecule has 1 N–H and O–H groups in total. The highest BCUT2D eigenvalue weighted by Crippen LogP contribution is 2.36. The number of aromatic hydroxyl groups is 1. The molecular formula is C18H29NO. The summed E-state index contributed by atoms with van der Waals surface area (Å²) in [5.74, 6) is 1.11. The lowest BCUT2D eigenvalue weighted by Crippen LogP contribution is -2.39. The number of hydrogen-bond donors (Lipinski definition) is 1. The van der Waals surface area contributed by atoms with Crippen LogP contribution in [-0.2, 0) is 0 Å². The van der Waals surface area contributed by atoms with Crippen molar-refractivity contribution in [2.75, 3.05) is 6.54 Å². The highest BCUT2D eigenvalue weighted by atomic mass is 16.3. The van der Waals surface area contributed by atoms with Gasteiger partial charge in [-0.1, -0.05) is 51.8 Å². The van der Waals surface area contributed by atoms with E-state index < -0.39 is 0 Å². The van der Waals surface area contributed by atoms with Crippen molar-refractivity contribution in [3.05, 3.63) is 29.8 Å². The second-order valence-corrected chi connectivity index (χ2v) is 6.51. The smallest absolute Gasteiger partial charge is 0.120 e. The molecule has 0 aromatic heterocycles. The number of nitrogens with zero attached hydrogens (tertiary/aromatic N) is 1. The zero-order valence-corrected chi connectivity index (χ0v) is 13.2. The van der Waals surface area contributed by atoms with E-state index in [2.05, 4.69) is 31.7 Å². The standard InChI is InChI=1S/C18H29NO/c1-4-17(16-11-7-8-12-18(16)20)19(13-14(2)3)15-9-5-6-10-15/h7-8,11-12,14-15,17,20H,4-6,9-10,13H2,1-3H3. The lowest BCUT2D eigenvalue weighted by molar-refractivity contribution is 0.112. The van der Waals surface area contributed by atoms with Gasteiger partial charge in [-0.05, 0) is 31.2 Å². The third-order valence-electron chi connectivity index (χ3n) is 4.45. The summed E-state index contributed by atoms with van der Waals surface area (Å²) < 4.78 is 0. The van der Waals surface area contributed by atoms with Crippen LogP contribution in [0.2, 0.25) is 0 Å². The van der Waals surface area contributed by atoms with E-state index >= 15 is 0 Å². The Balaban J connectivity index is 2.26. The van der Waals surface area contributed by atoms with Crippen molar-refractivity contribution < 1.29 is 5.11 Å². The predicted octanol–water partition coefficient (Wildman–Crippen LogP) is 4.74. The molecule has 112 valence electrons. The van der Waals surface area contributed by atoms with Crippen molar-refractivity contribution in [1.82, 2.24) is 4.90 Å². The van der Waals surface area contributed by atoms with Crippen molar-refractivity contribution in [2.24, 2.45) is 5.92 Å². The summed E-state index contributed by atoms with van der Waals surface area (Å²) in [6.07, 6.45) is 6.40. The van der Waals surface area contributed by atoms with Crippen molar-refractivity contribution in [2.45, 2.75) is 65.0 Å². The first-order valence-electron chi connectivity index (χ1n) is 8.17. The summed E-state index contributed by atoms with van der Waals surface area (Å²) in [7, 11) is 0. The molecule has 20 heavy (non-hydrogen) atoms. The molecule has 1 aliphatic carbocycles. The Morgan fingerprint density at radius 3 is 2.40 bits per heavy atom. The SMILES string of the molecule is CCC(c1ccccc1O)N(CC(C)C)C1CCCC1. The second kappa shape index (κ2) is 7.12. The lowest BCUT2D eigenvalue weighted by atomic mass is 9.97. The molecule has 2 heteroatoms. The molecule has 1 fully saturated rings. The number of phenols is 1. The van der Waals surface area contributed by atoms with E-state index in [1.807, 2.05) is 18.2 Å². The maximum atomic E-state index is 10.2. The van der Waals surface area contributed by atoms with E-state index in [0.29, 0.717) is 23.8 Å². The van der Waals surface area contributed by atoms with Crippen molar-refractivity contribution in [3.8, 4) is 5.75 Å². The van der Waals surface area contributed by atoms with Gasteiger partial charge in [0.15, 0.2) is 0 Å². The average molecular weight is 275 g/mol. The van der Waals surface area contributed by atoms with E-state index in [0.717, 1.165) is 18.5 Å². The molecule has 2 rings (SSSR count). The second-order valence-electron chi connectivity index (χ2n) is 6.51. The first-order valence-corrected chi connectivity index (χ1v) is 8.17. The van der Waals surface area contributed by atoms with Crippen LogP contribution in [0.25, 0.3) is 0 Å². The minimum atomic E-state index is 0.349. The zero-order valence-electron chi connectivity index (χ0n) is 13.2. The number of para-hydroxylation sites is 1. The maximum Gasteiger partial charge on any atom is 0.120 e. The largest absolute Gasteiger partial charge is 0.508 e. The first kappa shape index (κ1) is 15.4. The van der Waals surface area contributed by atoms with E-state index in [1.54, 1.807) is 0 Å². The van der Waals surface area contributed by atoms with Crippen LogP contribution in [0.4, 0.5) is 0 Å². The molecule has 0 radical (unpaired) electrons. The van der Waals surface area contributed by atoms with Gasteiger partial charge in [0.1, 0.15) is 5.75 Å². The quantitative estimate of drug-likeness (QED) is 0.810. The van der Waals surface area contributed by atoms with Crippen LogP contribution < -0.4 is 0 Å². The molecule has 0 aliphatic heterocycles. The lowest BCUT2D eigenvalue weighted by Gasteiger charge is -2.38. The van der Waals surface area contributed by atoms with Crippen LogP contribution in [0.3, 0.4) is 0 Å². The number of hydrogen-bond acceptors (Lipinski definition) is 2. The fourth-order valence-corrected chi connectivity index (χ4v) is 3.59. The Kier molecular flexibility index (Phi) is 5.47. The molecule has 1 aromatic rings. The Labute approximate surface area is 123 Å². The van der Waals surface area contributed by atoms with Gasteiger partial charge in [0, 0.05) is 24.2 Å². The van der Waals surface area contributed by atoms with E-state index in [4.69, 9.17) is 0 Å². The first-order chi connectivity index (χ1) is 9.63. The van der Waals surface area contributed by atoms with Gasteiger partial charge in [0.2, 0.25) is 0 Å². The molecule has 0 saturated heterocycles. The summed E-state index contributed by atoms with van der Waals surface area (Å²) in [6.45, 7) is 7.94. The minimum absolute atomic E-state index is 0.349. The maximum absolute atomic E-state index is 10.2. The summed E-state index contributed by atoms with van der Waals surface area (Å²) in [5, 5.41) is 10.2. The molecule has 2 nitrogen and oxygen atoms in total. The fraction of sp³-hybridized carbons (Fsp3) is 0.667. The van der Waals surface area contributed by atoms with Gasteiger partial charge in [0.25, 0.3) is 0 Å². The Hall–Kier alpha value is -1.02. The van der Waals surface area contributed by atoms with E-state index in [9.17, 15) is 5.11 Å². The topological polar surface area (TPSA) is 23.5 Å². The Bertz CT molecular complexity index is 410. The summed E-state index contributed by atoms with van der Waals surface area (Å²) in [5.41, 5.74) is 1.10. The van der Waals surface area contributed by atoms with Crippen molar-refractivity contribution in [1.29, 1.82) is 0 Å². The highest BCUT2D eigenvalue weighted by Gasteiger charge is 2.30. The molecule has 1 unspecified atom stereocenters. The molecule has 1 saturated carbocycles. The van der Waals surface area contributed by atoms with Crippen molar-refractivity contribution in [3.63, 3.8) is 0 Å². The van der Waals surface area contributed by atoms with Crippen LogP contribution in [0.5, 0.6) is 5.75 Å². The van der Waals surface area contributed by atoms with Crippen LogP contribution in [0.15, 0.2) is 24.3 Å². The predicted molar refractivity (Wildman–Crippen MR) is 84.9 cm³/mol. The fourth-order valence-electron chi connectivity index (χ4n) is 3.59. The molecule has 1 atom stereocenters. The Morgan fingerprint density at radius 1 is 1.20 bits per heavy atom. The molecule has 0 amide bonds. The molecule has 1 aliphatic rings. The molecular weight excluding hydrogens is 246 g/mol. The zero-order chi connectivity index (χ0) is 14.5. The average Bonchev–Trinajstić information content (AvgIpc) is 2.94. The van der Waals surface area contributed by atoms with Gasteiger partial charge in [0.05, 0.1) is 0 Å². The van der Waals surface area contributed by atoms with Crippen LogP contribution in [0.1, 0.15) is 64.5 Å². The van der Waals surface area contributed by atoms with E-state index in [-0.39, 0.29) is 0 Å². The molecule has 0 bridgehead atoms. The van der Waals surface area contributed by atoms with Gasteiger partial charge >= 0.3 is 0 Å². The Morgan fingerprint density at radius 2 is 1.85 bits per heavy atom. The number of benzene rings is 1. The summed E-state index contributed by atoms with van der Waals surface area (Å²) in [6, 6.07) is 8.91. The van der Waals surface area contributed by atoms with Gasteiger partial charge in [-0.3, -0.25) is 4.90 Å². The highest BCUT2D eigenvalue weighted by molar-refractivity contribution is 5.34. The monoisotopic (exact) mass is 275 g/mol. The number of rotatable bonds is 6. The van der Waals surface area contributed by atoms with Crippen LogP contribution >= 0.6 is 0 Å². The van der Waals surface area contributed by atoms with E-state index in [1.165, 1.54) is 25.7 Å². The normalized spacial score (nSPS) is 18.1. The molecule has 1 aromatic carbocycles. The molecule has 0 spiro atoms.